The Hall–Kier alpha value is -1.29. The number of nitrogens with two attached hydrogens (primary N) is 1. The largest absolute Gasteiger partial charge is 0.383 e. The van der Waals surface area contributed by atoms with Gasteiger partial charge in [0.1, 0.15) is 11.4 Å². The Bertz CT molecular complexity index is 568. The molecule has 1 unspecified atom stereocenters. The van der Waals surface area contributed by atoms with Gasteiger partial charge in [0.05, 0.1) is 5.02 Å². The average molecular weight is 283 g/mol. The fourth-order valence-corrected chi connectivity index (χ4v) is 2.05. The summed E-state index contributed by atoms with van der Waals surface area (Å²) >= 11 is 11.7. The lowest BCUT2D eigenvalue weighted by Gasteiger charge is -2.25. The smallest absolute Gasteiger partial charge is 0.129 e. The molecule has 0 aliphatic rings. The van der Waals surface area contributed by atoms with Gasteiger partial charge in [0.2, 0.25) is 0 Å². The summed E-state index contributed by atoms with van der Waals surface area (Å²) in [6, 6.07) is 8.50. The molecule has 0 radical (unpaired) electrons. The predicted octanol–water partition coefficient (Wildman–Crippen LogP) is 3.23. The summed E-state index contributed by atoms with van der Waals surface area (Å²) in [7, 11) is 0. The highest BCUT2D eigenvalue weighted by atomic mass is 35.5. The van der Waals surface area contributed by atoms with Crippen molar-refractivity contribution in [3.63, 3.8) is 0 Å². The first-order valence-electron chi connectivity index (χ1n) is 5.31. The number of rotatable bonds is 2. The van der Waals surface area contributed by atoms with Crippen LogP contribution in [-0.4, -0.2) is 10.1 Å². The zero-order valence-corrected chi connectivity index (χ0v) is 11.2. The molecule has 0 aliphatic heterocycles. The molecule has 3 nitrogen and oxygen atoms in total. The fourth-order valence-electron chi connectivity index (χ4n) is 1.77. The van der Waals surface area contributed by atoms with E-state index in [-0.39, 0.29) is 5.82 Å². The van der Waals surface area contributed by atoms with E-state index in [1.807, 2.05) is 0 Å². The number of aromatic nitrogens is 1. The van der Waals surface area contributed by atoms with Crippen molar-refractivity contribution in [2.45, 2.75) is 12.5 Å². The van der Waals surface area contributed by atoms with Gasteiger partial charge in [-0.25, -0.2) is 4.98 Å². The van der Waals surface area contributed by atoms with Gasteiger partial charge in [0.15, 0.2) is 0 Å². The Labute approximate surface area is 115 Å². The molecule has 0 saturated carbocycles. The van der Waals surface area contributed by atoms with Gasteiger partial charge >= 0.3 is 0 Å². The number of nitrogen functional groups attached to an aromatic ring is 1. The van der Waals surface area contributed by atoms with Crippen LogP contribution in [0.3, 0.4) is 0 Å². The fraction of sp³-hybridized carbons (Fsp3) is 0.154. The molecule has 1 heterocycles. The zero-order chi connectivity index (χ0) is 13.3. The minimum atomic E-state index is -1.27. The molecule has 0 saturated heterocycles. The van der Waals surface area contributed by atoms with Crippen LogP contribution in [0, 0.1) is 0 Å². The number of hydrogen-bond acceptors (Lipinski definition) is 3. The Morgan fingerprint density at radius 3 is 2.39 bits per heavy atom. The summed E-state index contributed by atoms with van der Waals surface area (Å²) in [5.41, 5.74) is 5.65. The van der Waals surface area contributed by atoms with E-state index in [0.29, 0.717) is 21.2 Å². The second-order valence-corrected chi connectivity index (χ2v) is 5.04. The van der Waals surface area contributed by atoms with Gasteiger partial charge < -0.3 is 10.8 Å². The lowest BCUT2D eigenvalue weighted by atomic mass is 9.88. The van der Waals surface area contributed by atoms with E-state index in [9.17, 15) is 5.11 Å². The molecular weight excluding hydrogens is 271 g/mol. The highest BCUT2D eigenvalue weighted by Gasteiger charge is 2.28. The average Bonchev–Trinajstić information content (AvgIpc) is 2.32. The molecule has 1 aromatic heterocycles. The van der Waals surface area contributed by atoms with Crippen LogP contribution >= 0.6 is 23.2 Å². The van der Waals surface area contributed by atoms with E-state index in [2.05, 4.69) is 4.98 Å². The van der Waals surface area contributed by atoms with Crippen molar-refractivity contribution >= 4 is 29.0 Å². The van der Waals surface area contributed by atoms with E-state index in [0.717, 1.165) is 0 Å². The van der Waals surface area contributed by atoms with Crippen LogP contribution in [0.2, 0.25) is 10.0 Å². The first kappa shape index (κ1) is 13.1. The molecule has 0 fully saturated rings. The van der Waals surface area contributed by atoms with Crippen LogP contribution in [0.15, 0.2) is 36.5 Å². The first-order chi connectivity index (χ1) is 8.41. The molecular formula is C13H12Cl2N2O. The Morgan fingerprint density at radius 2 is 1.78 bits per heavy atom. The van der Waals surface area contributed by atoms with E-state index < -0.39 is 5.60 Å². The Morgan fingerprint density at radius 1 is 1.17 bits per heavy atom. The van der Waals surface area contributed by atoms with Crippen LogP contribution in [0.5, 0.6) is 0 Å². The lowest BCUT2D eigenvalue weighted by Crippen LogP contribution is -2.24. The van der Waals surface area contributed by atoms with Gasteiger partial charge in [-0.1, -0.05) is 35.3 Å². The second-order valence-electron chi connectivity index (χ2n) is 4.17. The van der Waals surface area contributed by atoms with Crippen LogP contribution < -0.4 is 5.73 Å². The first-order valence-corrected chi connectivity index (χ1v) is 6.07. The third-order valence-electron chi connectivity index (χ3n) is 2.82. The molecule has 1 atom stereocenters. The van der Waals surface area contributed by atoms with Gasteiger partial charge in [0, 0.05) is 16.8 Å². The number of anilines is 1. The Balaban J connectivity index is 2.53. The van der Waals surface area contributed by atoms with Crippen molar-refractivity contribution in [1.82, 2.24) is 4.98 Å². The maximum atomic E-state index is 10.6. The maximum absolute atomic E-state index is 10.6. The minimum absolute atomic E-state index is 0.249. The quantitative estimate of drug-likeness (QED) is 0.889. The third kappa shape index (κ3) is 2.43. The number of benzene rings is 1. The molecule has 0 amide bonds. The summed E-state index contributed by atoms with van der Waals surface area (Å²) in [6.45, 7) is 1.64. The highest BCUT2D eigenvalue weighted by molar-refractivity contribution is 6.30. The summed E-state index contributed by atoms with van der Waals surface area (Å²) in [6.07, 6.45) is 1.44. The van der Waals surface area contributed by atoms with E-state index in [1.165, 1.54) is 6.20 Å². The van der Waals surface area contributed by atoms with Gasteiger partial charge in [-0.2, -0.15) is 0 Å². The SMILES string of the molecule is CC(O)(c1ccc(Cl)cc1)c1cc(Cl)cnc1N. The zero-order valence-electron chi connectivity index (χ0n) is 9.69. The van der Waals surface area contributed by atoms with Crippen molar-refractivity contribution in [3.8, 4) is 0 Å². The summed E-state index contributed by atoms with van der Waals surface area (Å²) in [5, 5.41) is 11.7. The van der Waals surface area contributed by atoms with Crippen molar-refractivity contribution in [3.05, 3.63) is 57.7 Å². The molecule has 1 aromatic carbocycles. The van der Waals surface area contributed by atoms with Crippen molar-refractivity contribution < 1.29 is 5.11 Å². The Kier molecular flexibility index (Phi) is 3.48. The molecule has 0 aliphatic carbocycles. The number of pyridine rings is 1. The number of aliphatic hydroxyl groups is 1. The molecule has 2 aromatic rings. The number of halogens is 2. The van der Waals surface area contributed by atoms with Gasteiger partial charge in [-0.15, -0.1) is 0 Å². The lowest BCUT2D eigenvalue weighted by molar-refractivity contribution is 0.103. The molecule has 94 valence electrons. The van der Waals surface area contributed by atoms with Gasteiger partial charge in [0.25, 0.3) is 0 Å². The molecule has 3 N–H and O–H groups in total. The molecule has 5 heteroatoms. The summed E-state index contributed by atoms with van der Waals surface area (Å²) < 4.78 is 0. The number of hydrogen-bond donors (Lipinski definition) is 2. The van der Waals surface area contributed by atoms with Crippen molar-refractivity contribution in [1.29, 1.82) is 0 Å². The predicted molar refractivity (Wildman–Crippen MR) is 73.8 cm³/mol. The van der Waals surface area contributed by atoms with Crippen molar-refractivity contribution in [2.24, 2.45) is 0 Å². The topological polar surface area (TPSA) is 59.1 Å². The van der Waals surface area contributed by atoms with E-state index >= 15 is 0 Å². The maximum Gasteiger partial charge on any atom is 0.129 e. The summed E-state index contributed by atoms with van der Waals surface area (Å²) in [4.78, 5) is 3.95. The van der Waals surface area contributed by atoms with Crippen molar-refractivity contribution in [2.75, 3.05) is 5.73 Å². The monoisotopic (exact) mass is 282 g/mol. The third-order valence-corrected chi connectivity index (χ3v) is 3.27. The van der Waals surface area contributed by atoms with Crippen LogP contribution in [0.4, 0.5) is 5.82 Å². The van der Waals surface area contributed by atoms with E-state index in [4.69, 9.17) is 28.9 Å². The number of nitrogens with zero attached hydrogens (tertiary/aromatic N) is 1. The van der Waals surface area contributed by atoms with Gasteiger partial charge in [-0.05, 0) is 30.7 Å². The molecule has 2 rings (SSSR count). The van der Waals surface area contributed by atoms with Crippen LogP contribution in [-0.2, 0) is 5.60 Å². The second kappa shape index (κ2) is 4.76. The minimum Gasteiger partial charge on any atom is -0.383 e. The summed E-state index contributed by atoms with van der Waals surface area (Å²) in [5.74, 6) is 0.249. The molecule has 18 heavy (non-hydrogen) atoms. The molecule has 0 bridgehead atoms. The highest BCUT2D eigenvalue weighted by Crippen LogP contribution is 2.33. The standard InChI is InChI=1S/C13H12Cl2N2O/c1-13(18,8-2-4-9(14)5-3-8)11-6-10(15)7-17-12(11)16/h2-7,18H,1H3,(H2,16,17). The van der Waals surface area contributed by atoms with Gasteiger partial charge in [-0.3, -0.25) is 0 Å². The van der Waals surface area contributed by atoms with E-state index in [1.54, 1.807) is 37.3 Å². The van der Waals surface area contributed by atoms with Crippen LogP contribution in [0.1, 0.15) is 18.1 Å². The van der Waals surface area contributed by atoms with Crippen LogP contribution in [0.25, 0.3) is 0 Å². The normalized spacial score (nSPS) is 14.2. The molecule has 0 spiro atoms.